The molecule has 0 saturated carbocycles. The van der Waals surface area contributed by atoms with Gasteiger partial charge < -0.3 is 10.1 Å². The maximum Gasteiger partial charge on any atom is 0.263 e. The Labute approximate surface area is 143 Å². The molecular weight excluding hydrogens is 326 g/mol. The van der Waals surface area contributed by atoms with Crippen LogP contribution in [-0.2, 0) is 21.2 Å². The lowest BCUT2D eigenvalue weighted by molar-refractivity contribution is 0.198. The highest BCUT2D eigenvalue weighted by molar-refractivity contribution is 7.92. The number of anilines is 2. The minimum absolute atomic E-state index is 0.225. The smallest absolute Gasteiger partial charge is 0.263 e. The molecule has 0 bridgehead atoms. The van der Waals surface area contributed by atoms with E-state index in [-0.39, 0.29) is 10.7 Å². The number of aryl methyl sites for hydroxylation is 1. The zero-order valence-corrected chi connectivity index (χ0v) is 14.8. The van der Waals surface area contributed by atoms with E-state index in [2.05, 4.69) is 15.0 Å². The van der Waals surface area contributed by atoms with Crippen molar-refractivity contribution in [2.24, 2.45) is 0 Å². The van der Waals surface area contributed by atoms with Crippen LogP contribution in [0.3, 0.4) is 0 Å². The van der Waals surface area contributed by atoms with Crippen LogP contribution in [-0.4, -0.2) is 33.7 Å². The van der Waals surface area contributed by atoms with E-state index in [0.29, 0.717) is 6.61 Å². The lowest BCUT2D eigenvalue weighted by Crippen LogP contribution is -2.14. The monoisotopic (exact) mass is 349 g/mol. The molecule has 1 aromatic carbocycles. The van der Waals surface area contributed by atoms with Crippen molar-refractivity contribution in [2.75, 3.05) is 30.3 Å². The van der Waals surface area contributed by atoms with Crippen molar-refractivity contribution >= 4 is 21.5 Å². The van der Waals surface area contributed by atoms with Crippen molar-refractivity contribution < 1.29 is 13.2 Å². The summed E-state index contributed by atoms with van der Waals surface area (Å²) in [5, 5.41) is 3.19. The summed E-state index contributed by atoms with van der Waals surface area (Å²) in [5.74, 6) is 0.289. The minimum Gasteiger partial charge on any atom is -0.385 e. The maximum absolute atomic E-state index is 12.3. The van der Waals surface area contributed by atoms with Crippen LogP contribution in [0.1, 0.15) is 18.9 Å². The lowest BCUT2D eigenvalue weighted by atomic mass is 10.2. The van der Waals surface area contributed by atoms with Gasteiger partial charge in [0.05, 0.1) is 16.8 Å². The van der Waals surface area contributed by atoms with Gasteiger partial charge in [0, 0.05) is 20.3 Å². The van der Waals surface area contributed by atoms with Crippen molar-refractivity contribution in [2.45, 2.75) is 24.7 Å². The molecule has 24 heavy (non-hydrogen) atoms. The molecule has 0 aliphatic rings. The topological polar surface area (TPSA) is 80.3 Å². The van der Waals surface area contributed by atoms with Gasteiger partial charge >= 0.3 is 0 Å². The molecule has 0 aliphatic carbocycles. The first-order valence-electron chi connectivity index (χ1n) is 7.86. The molecule has 6 nitrogen and oxygen atoms in total. The number of rotatable bonds is 9. The molecule has 0 saturated heterocycles. The van der Waals surface area contributed by atoms with Crippen LogP contribution in [0, 0.1) is 0 Å². The summed E-state index contributed by atoms with van der Waals surface area (Å²) in [6.07, 6.45) is 3.36. The standard InChI is InChI=1S/C17H23N3O3S/c1-3-14-5-8-16(9-6-14)24(21,22)20-17-10-7-15(13-19-17)18-11-4-12-23-2/h5-10,13,18H,3-4,11-12H2,1-2H3,(H,19,20). The second-order valence-electron chi connectivity index (χ2n) is 5.31. The highest BCUT2D eigenvalue weighted by Gasteiger charge is 2.14. The van der Waals surface area contributed by atoms with Crippen molar-refractivity contribution in [1.82, 2.24) is 4.98 Å². The molecule has 2 rings (SSSR count). The fourth-order valence-corrected chi connectivity index (χ4v) is 3.12. The second kappa shape index (κ2) is 8.65. The summed E-state index contributed by atoms with van der Waals surface area (Å²) >= 11 is 0. The Morgan fingerprint density at radius 2 is 1.88 bits per heavy atom. The van der Waals surface area contributed by atoms with Crippen molar-refractivity contribution in [3.63, 3.8) is 0 Å². The van der Waals surface area contributed by atoms with E-state index in [1.54, 1.807) is 37.6 Å². The van der Waals surface area contributed by atoms with Gasteiger partial charge in [-0.25, -0.2) is 13.4 Å². The number of aromatic nitrogens is 1. The normalized spacial score (nSPS) is 11.2. The van der Waals surface area contributed by atoms with Crippen LogP contribution in [0.2, 0.25) is 0 Å². The Bertz CT molecular complexity index is 729. The van der Waals surface area contributed by atoms with Gasteiger partial charge in [0.25, 0.3) is 10.0 Å². The van der Waals surface area contributed by atoms with E-state index < -0.39 is 10.0 Å². The number of nitrogens with zero attached hydrogens (tertiary/aromatic N) is 1. The Balaban J connectivity index is 1.98. The molecule has 0 radical (unpaired) electrons. The quantitative estimate of drug-likeness (QED) is 0.681. The largest absolute Gasteiger partial charge is 0.385 e. The summed E-state index contributed by atoms with van der Waals surface area (Å²) < 4.78 is 32.2. The first-order valence-corrected chi connectivity index (χ1v) is 9.34. The molecule has 0 spiro atoms. The Morgan fingerprint density at radius 3 is 2.46 bits per heavy atom. The van der Waals surface area contributed by atoms with Crippen molar-refractivity contribution in [1.29, 1.82) is 0 Å². The van der Waals surface area contributed by atoms with Crippen LogP contribution in [0.25, 0.3) is 0 Å². The fourth-order valence-electron chi connectivity index (χ4n) is 2.11. The van der Waals surface area contributed by atoms with Gasteiger partial charge in [-0.15, -0.1) is 0 Å². The SMILES string of the molecule is CCc1ccc(S(=O)(=O)Nc2ccc(NCCCOC)cn2)cc1. The molecule has 0 aliphatic heterocycles. The van der Waals surface area contributed by atoms with Gasteiger partial charge in [0.15, 0.2) is 0 Å². The van der Waals surface area contributed by atoms with Gasteiger partial charge in [-0.05, 0) is 42.7 Å². The molecule has 0 unspecified atom stereocenters. The van der Waals surface area contributed by atoms with E-state index in [9.17, 15) is 8.42 Å². The van der Waals surface area contributed by atoms with Crippen molar-refractivity contribution in [3.8, 4) is 0 Å². The van der Waals surface area contributed by atoms with Gasteiger partial charge in [-0.3, -0.25) is 4.72 Å². The maximum atomic E-state index is 12.3. The number of sulfonamides is 1. The number of methoxy groups -OCH3 is 1. The van der Waals surface area contributed by atoms with Gasteiger partial charge in [0.1, 0.15) is 5.82 Å². The van der Waals surface area contributed by atoms with Gasteiger partial charge in [0.2, 0.25) is 0 Å². The van der Waals surface area contributed by atoms with Gasteiger partial charge in [-0.1, -0.05) is 19.1 Å². The van der Waals surface area contributed by atoms with Crippen LogP contribution in [0.15, 0.2) is 47.5 Å². The fraction of sp³-hybridized carbons (Fsp3) is 0.353. The van der Waals surface area contributed by atoms with E-state index in [4.69, 9.17) is 4.74 Å². The molecule has 130 valence electrons. The summed E-state index contributed by atoms with van der Waals surface area (Å²) in [5.41, 5.74) is 1.93. The predicted octanol–water partition coefficient (Wildman–Crippen LogP) is 2.89. The third-order valence-electron chi connectivity index (χ3n) is 3.50. The Hall–Kier alpha value is -2.12. The number of hydrogen-bond acceptors (Lipinski definition) is 5. The highest BCUT2D eigenvalue weighted by atomic mass is 32.2. The van der Waals surface area contributed by atoms with E-state index in [0.717, 1.165) is 30.6 Å². The van der Waals surface area contributed by atoms with E-state index >= 15 is 0 Å². The number of hydrogen-bond donors (Lipinski definition) is 2. The molecule has 7 heteroatoms. The first kappa shape index (κ1) is 18.2. The number of benzene rings is 1. The summed E-state index contributed by atoms with van der Waals surface area (Å²) in [6.45, 7) is 3.48. The number of nitrogens with one attached hydrogen (secondary N) is 2. The summed E-state index contributed by atoms with van der Waals surface area (Å²) in [6, 6.07) is 10.3. The zero-order valence-electron chi connectivity index (χ0n) is 14.0. The number of ether oxygens (including phenoxy) is 1. The molecule has 0 atom stereocenters. The predicted molar refractivity (Wildman–Crippen MR) is 95.8 cm³/mol. The van der Waals surface area contributed by atoms with Gasteiger partial charge in [-0.2, -0.15) is 0 Å². The van der Waals surface area contributed by atoms with Crippen LogP contribution >= 0.6 is 0 Å². The molecule has 1 heterocycles. The second-order valence-corrected chi connectivity index (χ2v) is 6.99. The third-order valence-corrected chi connectivity index (χ3v) is 4.87. The number of pyridine rings is 1. The first-order chi connectivity index (χ1) is 11.5. The van der Waals surface area contributed by atoms with Crippen LogP contribution < -0.4 is 10.0 Å². The van der Waals surface area contributed by atoms with Crippen LogP contribution in [0.4, 0.5) is 11.5 Å². The van der Waals surface area contributed by atoms with E-state index in [1.807, 2.05) is 19.1 Å². The molecule has 2 aromatic rings. The Morgan fingerprint density at radius 1 is 1.12 bits per heavy atom. The highest BCUT2D eigenvalue weighted by Crippen LogP contribution is 2.16. The average Bonchev–Trinajstić information content (AvgIpc) is 2.60. The van der Waals surface area contributed by atoms with Crippen molar-refractivity contribution in [3.05, 3.63) is 48.2 Å². The lowest BCUT2D eigenvalue weighted by Gasteiger charge is -2.09. The molecular formula is C17H23N3O3S. The summed E-state index contributed by atoms with van der Waals surface area (Å²) in [7, 11) is -1.96. The van der Waals surface area contributed by atoms with E-state index in [1.165, 1.54) is 0 Å². The Kier molecular flexibility index (Phi) is 6.57. The third kappa shape index (κ3) is 5.21. The molecule has 0 fully saturated rings. The zero-order chi connectivity index (χ0) is 17.4. The molecule has 1 aromatic heterocycles. The molecule has 0 amide bonds. The average molecular weight is 349 g/mol. The molecule has 2 N–H and O–H groups in total. The summed E-state index contributed by atoms with van der Waals surface area (Å²) in [4.78, 5) is 4.36. The minimum atomic E-state index is -3.62. The van der Waals surface area contributed by atoms with Crippen LogP contribution in [0.5, 0.6) is 0 Å².